The zero-order chi connectivity index (χ0) is 33.1. The van der Waals surface area contributed by atoms with Gasteiger partial charge >= 0.3 is 0 Å². The molecule has 0 spiro atoms. The molecule has 234 valence electrons. The molecule has 1 aliphatic carbocycles. The van der Waals surface area contributed by atoms with Crippen LogP contribution in [0.4, 0.5) is 0 Å². The highest BCUT2D eigenvalue weighted by molar-refractivity contribution is 6.22. The van der Waals surface area contributed by atoms with E-state index in [4.69, 9.17) is 4.42 Å². The van der Waals surface area contributed by atoms with Crippen LogP contribution >= 0.6 is 0 Å². The Labute approximate surface area is 290 Å². The van der Waals surface area contributed by atoms with Crippen LogP contribution in [0.25, 0.3) is 98.4 Å². The van der Waals surface area contributed by atoms with Crippen LogP contribution < -0.4 is 0 Å². The van der Waals surface area contributed by atoms with Crippen molar-refractivity contribution in [2.75, 3.05) is 0 Å². The van der Waals surface area contributed by atoms with Gasteiger partial charge in [0.05, 0.1) is 0 Å². The Hall–Kier alpha value is -6.18. The summed E-state index contributed by atoms with van der Waals surface area (Å²) in [5.74, 6) is 0. The summed E-state index contributed by atoms with van der Waals surface area (Å²) in [6.45, 7) is 4.72. The highest BCUT2D eigenvalue weighted by Gasteiger charge is 2.38. The summed E-state index contributed by atoms with van der Waals surface area (Å²) in [5.41, 5.74) is 12.0. The van der Waals surface area contributed by atoms with E-state index in [9.17, 15) is 0 Å². The lowest BCUT2D eigenvalue weighted by atomic mass is 9.80. The first-order valence-electron chi connectivity index (χ1n) is 17.5. The van der Waals surface area contributed by atoms with Crippen molar-refractivity contribution >= 4 is 65.0 Å². The van der Waals surface area contributed by atoms with Crippen LogP contribution in [0.1, 0.15) is 25.0 Å². The molecule has 9 aromatic carbocycles. The number of fused-ring (bicyclic) bond motifs is 12. The fourth-order valence-electron chi connectivity index (χ4n) is 9.08. The van der Waals surface area contributed by atoms with Gasteiger partial charge in [-0.15, -0.1) is 0 Å². The quantitative estimate of drug-likeness (QED) is 0.136. The van der Waals surface area contributed by atoms with E-state index in [1.807, 2.05) is 0 Å². The number of hydrogen-bond acceptors (Lipinski definition) is 1. The second-order valence-electron chi connectivity index (χ2n) is 14.4. The Balaban J connectivity index is 1.15. The van der Waals surface area contributed by atoms with Crippen LogP contribution in [0.15, 0.2) is 162 Å². The molecule has 10 aromatic rings. The summed E-state index contributed by atoms with van der Waals surface area (Å²) < 4.78 is 6.58. The average Bonchev–Trinajstić information content (AvgIpc) is 3.65. The van der Waals surface area contributed by atoms with Crippen molar-refractivity contribution in [1.29, 1.82) is 0 Å². The predicted octanol–water partition coefficient (Wildman–Crippen LogP) is 13.8. The largest absolute Gasteiger partial charge is 0.455 e. The summed E-state index contributed by atoms with van der Waals surface area (Å²) in [4.78, 5) is 0. The zero-order valence-corrected chi connectivity index (χ0v) is 27.9. The minimum atomic E-state index is -0.172. The van der Waals surface area contributed by atoms with E-state index in [1.54, 1.807) is 0 Å². The molecule has 11 rings (SSSR count). The Bertz CT molecular complexity index is 3010. The molecule has 50 heavy (non-hydrogen) atoms. The third-order valence-electron chi connectivity index (χ3n) is 11.4. The molecule has 0 N–H and O–H groups in total. The van der Waals surface area contributed by atoms with Crippen molar-refractivity contribution in [3.05, 3.63) is 169 Å². The van der Waals surface area contributed by atoms with Crippen molar-refractivity contribution in [3.63, 3.8) is 0 Å². The first kappa shape index (κ1) is 27.7. The zero-order valence-electron chi connectivity index (χ0n) is 27.9. The molecular formula is C49H32O. The summed E-state index contributed by atoms with van der Waals surface area (Å²) in [6.07, 6.45) is 0. The first-order valence-corrected chi connectivity index (χ1v) is 17.5. The Kier molecular flexibility index (Phi) is 5.51. The Morgan fingerprint density at radius 3 is 1.64 bits per heavy atom. The molecule has 1 heterocycles. The van der Waals surface area contributed by atoms with Gasteiger partial charge in [-0.05, 0) is 100 Å². The van der Waals surface area contributed by atoms with E-state index in [0.29, 0.717) is 0 Å². The maximum Gasteiger partial charge on any atom is 0.143 e. The van der Waals surface area contributed by atoms with Crippen LogP contribution in [0.3, 0.4) is 0 Å². The number of rotatable bonds is 2. The fraction of sp³-hybridized carbons (Fsp3) is 0.0612. The minimum absolute atomic E-state index is 0.172. The molecule has 0 saturated heterocycles. The van der Waals surface area contributed by atoms with E-state index in [2.05, 4.69) is 172 Å². The predicted molar refractivity (Wildman–Crippen MR) is 212 cm³/mol. The van der Waals surface area contributed by atoms with Gasteiger partial charge in [-0.3, -0.25) is 0 Å². The summed E-state index contributed by atoms with van der Waals surface area (Å²) in [6, 6.07) is 58.2. The van der Waals surface area contributed by atoms with Crippen LogP contribution in [-0.2, 0) is 5.41 Å². The molecule has 0 atom stereocenters. The van der Waals surface area contributed by atoms with Crippen molar-refractivity contribution in [2.45, 2.75) is 19.3 Å². The summed E-state index contributed by atoms with van der Waals surface area (Å²) in [5, 5.41) is 12.6. The number of para-hydroxylation sites is 1. The lowest BCUT2D eigenvalue weighted by Gasteiger charge is -2.23. The fourth-order valence-corrected chi connectivity index (χ4v) is 9.08. The molecule has 1 heteroatoms. The van der Waals surface area contributed by atoms with Gasteiger partial charge < -0.3 is 4.42 Å². The van der Waals surface area contributed by atoms with E-state index in [-0.39, 0.29) is 5.41 Å². The maximum atomic E-state index is 6.58. The van der Waals surface area contributed by atoms with E-state index in [0.717, 1.165) is 11.2 Å². The molecule has 1 aromatic heterocycles. The first-order chi connectivity index (χ1) is 24.6. The monoisotopic (exact) mass is 636 g/mol. The highest BCUT2D eigenvalue weighted by Crippen LogP contribution is 2.54. The van der Waals surface area contributed by atoms with Crippen molar-refractivity contribution < 1.29 is 4.42 Å². The van der Waals surface area contributed by atoms with Gasteiger partial charge in [0.2, 0.25) is 0 Å². The molecule has 1 nitrogen and oxygen atoms in total. The molecule has 0 bridgehead atoms. The van der Waals surface area contributed by atoms with E-state index >= 15 is 0 Å². The number of furan rings is 1. The summed E-state index contributed by atoms with van der Waals surface area (Å²) >= 11 is 0. The SMILES string of the molecule is CC1(C)c2cc(-c3c4ccccc4c(-c4ccc5c(ccc6ccccc65)c4)c4ccccc34)ccc2-c2c1ccc1c2oc2ccccc21. The summed E-state index contributed by atoms with van der Waals surface area (Å²) in [7, 11) is 0. The molecule has 0 fully saturated rings. The molecule has 1 aliphatic rings. The smallest absolute Gasteiger partial charge is 0.143 e. The number of hydrogen-bond donors (Lipinski definition) is 0. The number of benzene rings is 9. The minimum Gasteiger partial charge on any atom is -0.455 e. The van der Waals surface area contributed by atoms with Gasteiger partial charge in [-0.25, -0.2) is 0 Å². The lowest BCUT2D eigenvalue weighted by molar-refractivity contribution is 0.653. The van der Waals surface area contributed by atoms with Crippen LogP contribution in [0.5, 0.6) is 0 Å². The van der Waals surface area contributed by atoms with Gasteiger partial charge in [-0.2, -0.15) is 0 Å². The molecule has 0 saturated carbocycles. The third-order valence-corrected chi connectivity index (χ3v) is 11.4. The van der Waals surface area contributed by atoms with Crippen LogP contribution in [0.2, 0.25) is 0 Å². The Morgan fingerprint density at radius 2 is 0.920 bits per heavy atom. The normalized spacial score (nSPS) is 13.6. The van der Waals surface area contributed by atoms with Gasteiger partial charge in [0.25, 0.3) is 0 Å². The second-order valence-corrected chi connectivity index (χ2v) is 14.4. The molecule has 0 radical (unpaired) electrons. The van der Waals surface area contributed by atoms with Gasteiger partial charge in [0.1, 0.15) is 11.2 Å². The lowest BCUT2D eigenvalue weighted by Crippen LogP contribution is -2.15. The van der Waals surface area contributed by atoms with Crippen molar-refractivity contribution in [3.8, 4) is 33.4 Å². The average molecular weight is 637 g/mol. The highest BCUT2D eigenvalue weighted by atomic mass is 16.3. The molecule has 0 amide bonds. The van der Waals surface area contributed by atoms with Gasteiger partial charge in [0, 0.05) is 21.8 Å². The second kappa shape index (κ2) is 9.94. The van der Waals surface area contributed by atoms with Crippen molar-refractivity contribution in [2.24, 2.45) is 0 Å². The standard InChI is InChI=1S/C49H32O/c1-49(2)42-26-25-40-35-13-9-10-18-44(35)50-48(40)47(42)41-24-22-32(28-43(41)49)46-38-16-7-5-14-36(38)45(37-15-6-8-17-39(37)46)31-21-23-34-30(27-31)20-19-29-11-3-4-12-33(29)34/h3-28H,1-2H3. The Morgan fingerprint density at radius 1 is 0.380 bits per heavy atom. The van der Waals surface area contributed by atoms with Gasteiger partial charge in [0.15, 0.2) is 0 Å². The topological polar surface area (TPSA) is 13.1 Å². The molecular weight excluding hydrogens is 605 g/mol. The maximum absolute atomic E-state index is 6.58. The third kappa shape index (κ3) is 3.67. The van der Waals surface area contributed by atoms with Gasteiger partial charge in [-0.1, -0.05) is 153 Å². The van der Waals surface area contributed by atoms with E-state index in [1.165, 1.54) is 98.4 Å². The molecule has 0 aliphatic heterocycles. The van der Waals surface area contributed by atoms with E-state index < -0.39 is 0 Å². The molecule has 0 unspecified atom stereocenters. The van der Waals surface area contributed by atoms with Crippen molar-refractivity contribution in [1.82, 2.24) is 0 Å². The van der Waals surface area contributed by atoms with Crippen LogP contribution in [-0.4, -0.2) is 0 Å². The van der Waals surface area contributed by atoms with Crippen LogP contribution in [0, 0.1) is 0 Å².